The SMILES string of the molecule is N#CC1(C(=O)OCCCl)C=Cc2cc([N+](=O)[O-])ccc2N1. The van der Waals surface area contributed by atoms with Gasteiger partial charge in [0.25, 0.3) is 5.69 Å². The van der Waals surface area contributed by atoms with E-state index in [0.717, 1.165) is 0 Å². The molecule has 0 fully saturated rings. The largest absolute Gasteiger partial charge is 0.462 e. The number of rotatable bonds is 4. The Hall–Kier alpha value is -2.59. The molecule has 0 radical (unpaired) electrons. The van der Waals surface area contributed by atoms with E-state index in [1.165, 1.54) is 30.4 Å². The molecule has 1 aromatic rings. The molecule has 0 saturated heterocycles. The number of carbonyl (C=O) groups excluding carboxylic acids is 1. The summed E-state index contributed by atoms with van der Waals surface area (Å²) in [6, 6.07) is 5.94. The van der Waals surface area contributed by atoms with Gasteiger partial charge < -0.3 is 10.1 Å². The maximum absolute atomic E-state index is 12.0. The molecule has 1 aromatic carbocycles. The zero-order chi connectivity index (χ0) is 15.5. The second-order valence-corrected chi connectivity index (χ2v) is 4.61. The zero-order valence-electron chi connectivity index (χ0n) is 10.7. The fraction of sp³-hybridized carbons (Fsp3) is 0.231. The zero-order valence-corrected chi connectivity index (χ0v) is 11.5. The number of alkyl halides is 1. The average molecular weight is 308 g/mol. The Morgan fingerprint density at radius 1 is 1.57 bits per heavy atom. The number of nitro benzene ring substituents is 1. The van der Waals surface area contributed by atoms with Crippen LogP contribution in [0.1, 0.15) is 5.56 Å². The van der Waals surface area contributed by atoms with Gasteiger partial charge in [-0.25, -0.2) is 4.79 Å². The van der Waals surface area contributed by atoms with Crippen molar-refractivity contribution in [3.8, 4) is 6.07 Å². The first-order valence-electron chi connectivity index (χ1n) is 5.93. The van der Waals surface area contributed by atoms with Crippen molar-refractivity contribution in [1.29, 1.82) is 5.26 Å². The number of nitrogens with zero attached hydrogens (tertiary/aromatic N) is 2. The Bertz CT molecular complexity index is 668. The van der Waals surface area contributed by atoms with Crippen molar-refractivity contribution in [2.75, 3.05) is 17.8 Å². The van der Waals surface area contributed by atoms with E-state index in [0.29, 0.717) is 11.3 Å². The summed E-state index contributed by atoms with van der Waals surface area (Å²) >= 11 is 5.44. The van der Waals surface area contributed by atoms with Crippen LogP contribution in [-0.4, -0.2) is 28.9 Å². The van der Waals surface area contributed by atoms with Gasteiger partial charge in [-0.1, -0.05) is 6.08 Å². The number of non-ortho nitro benzene ring substituents is 1. The molecular formula is C13H10ClN3O4. The summed E-state index contributed by atoms with van der Waals surface area (Å²) < 4.78 is 4.89. The summed E-state index contributed by atoms with van der Waals surface area (Å²) in [6.07, 6.45) is 2.79. The first kappa shape index (κ1) is 14.8. The van der Waals surface area contributed by atoms with Crippen molar-refractivity contribution in [2.45, 2.75) is 5.54 Å². The maximum Gasteiger partial charge on any atom is 0.351 e. The van der Waals surface area contributed by atoms with E-state index < -0.39 is 16.4 Å². The van der Waals surface area contributed by atoms with Gasteiger partial charge in [0, 0.05) is 23.4 Å². The molecular weight excluding hydrogens is 298 g/mol. The molecule has 0 aromatic heterocycles. The highest BCUT2D eigenvalue weighted by atomic mass is 35.5. The number of anilines is 1. The summed E-state index contributed by atoms with van der Waals surface area (Å²) in [5.41, 5.74) is -0.781. The van der Waals surface area contributed by atoms with Crippen molar-refractivity contribution in [1.82, 2.24) is 0 Å². The minimum atomic E-state index is -1.66. The van der Waals surface area contributed by atoms with E-state index in [4.69, 9.17) is 16.3 Å². The summed E-state index contributed by atoms with van der Waals surface area (Å²) in [4.78, 5) is 22.2. The van der Waals surface area contributed by atoms with Crippen molar-refractivity contribution < 1.29 is 14.5 Å². The smallest absolute Gasteiger partial charge is 0.351 e. The Labute approximate surface area is 124 Å². The summed E-state index contributed by atoms with van der Waals surface area (Å²) in [6.45, 7) is -0.00748. The number of hydrogen-bond acceptors (Lipinski definition) is 6. The number of fused-ring (bicyclic) bond motifs is 1. The highest BCUT2D eigenvalue weighted by Gasteiger charge is 2.40. The van der Waals surface area contributed by atoms with Crippen LogP contribution in [0.25, 0.3) is 6.08 Å². The average Bonchev–Trinajstić information content (AvgIpc) is 2.51. The van der Waals surface area contributed by atoms with Gasteiger partial charge in [0.1, 0.15) is 12.7 Å². The standard InChI is InChI=1S/C13H10ClN3O4/c14-5-6-21-12(18)13(8-15)4-3-9-7-10(17(19)20)1-2-11(9)16-13/h1-4,7,16H,5-6H2. The third-order valence-corrected chi connectivity index (χ3v) is 3.05. The van der Waals surface area contributed by atoms with Crippen molar-refractivity contribution >= 4 is 35.0 Å². The maximum atomic E-state index is 12.0. The van der Waals surface area contributed by atoms with Crippen LogP contribution in [0.2, 0.25) is 0 Å². The molecule has 1 heterocycles. The lowest BCUT2D eigenvalue weighted by atomic mass is 9.94. The molecule has 21 heavy (non-hydrogen) atoms. The van der Waals surface area contributed by atoms with Crippen LogP contribution < -0.4 is 5.32 Å². The Morgan fingerprint density at radius 3 is 2.95 bits per heavy atom. The van der Waals surface area contributed by atoms with E-state index >= 15 is 0 Å². The lowest BCUT2D eigenvalue weighted by Crippen LogP contribution is -2.46. The Morgan fingerprint density at radius 2 is 2.33 bits per heavy atom. The monoisotopic (exact) mass is 307 g/mol. The molecule has 0 bridgehead atoms. The van der Waals surface area contributed by atoms with E-state index in [2.05, 4.69) is 5.32 Å². The molecule has 108 valence electrons. The molecule has 0 aliphatic carbocycles. The second-order valence-electron chi connectivity index (χ2n) is 4.23. The van der Waals surface area contributed by atoms with Gasteiger partial charge >= 0.3 is 5.97 Å². The topological polar surface area (TPSA) is 105 Å². The lowest BCUT2D eigenvalue weighted by molar-refractivity contribution is -0.384. The highest BCUT2D eigenvalue weighted by molar-refractivity contribution is 6.18. The first-order chi connectivity index (χ1) is 10.0. The van der Waals surface area contributed by atoms with Gasteiger partial charge in [0.05, 0.1) is 10.8 Å². The molecule has 1 aliphatic heterocycles. The number of carbonyl (C=O) groups is 1. The normalized spacial score (nSPS) is 19.0. The van der Waals surface area contributed by atoms with Crippen molar-refractivity contribution in [3.05, 3.63) is 40.0 Å². The number of halogens is 1. The van der Waals surface area contributed by atoms with E-state index in [9.17, 15) is 20.2 Å². The molecule has 0 amide bonds. The third-order valence-electron chi connectivity index (χ3n) is 2.90. The van der Waals surface area contributed by atoms with Gasteiger partial charge in [-0.05, 0) is 12.1 Å². The Balaban J connectivity index is 2.32. The molecule has 1 unspecified atom stereocenters. The van der Waals surface area contributed by atoms with Gasteiger partial charge in [-0.3, -0.25) is 10.1 Å². The molecule has 8 heteroatoms. The minimum Gasteiger partial charge on any atom is -0.462 e. The second kappa shape index (κ2) is 5.81. The predicted molar refractivity (Wildman–Crippen MR) is 75.8 cm³/mol. The number of nitro groups is 1. The van der Waals surface area contributed by atoms with Crippen LogP contribution in [-0.2, 0) is 9.53 Å². The molecule has 1 aliphatic rings. The number of nitriles is 1. The summed E-state index contributed by atoms with van der Waals surface area (Å²) in [5.74, 6) is -0.648. The minimum absolute atomic E-state index is 0.00748. The van der Waals surface area contributed by atoms with Gasteiger partial charge in [0.2, 0.25) is 5.54 Å². The molecule has 1 atom stereocenters. The van der Waals surface area contributed by atoms with Crippen LogP contribution >= 0.6 is 11.6 Å². The quantitative estimate of drug-likeness (QED) is 0.395. The molecule has 0 spiro atoms. The van der Waals surface area contributed by atoms with Crippen LogP contribution in [0.4, 0.5) is 11.4 Å². The summed E-state index contributed by atoms with van der Waals surface area (Å²) in [7, 11) is 0. The van der Waals surface area contributed by atoms with Crippen molar-refractivity contribution in [3.63, 3.8) is 0 Å². The van der Waals surface area contributed by atoms with E-state index in [-0.39, 0.29) is 18.2 Å². The van der Waals surface area contributed by atoms with Crippen LogP contribution in [0, 0.1) is 21.4 Å². The molecule has 2 rings (SSSR count). The number of nitrogens with one attached hydrogen (secondary N) is 1. The van der Waals surface area contributed by atoms with E-state index in [1.54, 1.807) is 0 Å². The van der Waals surface area contributed by atoms with Crippen molar-refractivity contribution in [2.24, 2.45) is 0 Å². The number of benzene rings is 1. The third kappa shape index (κ3) is 2.80. The van der Waals surface area contributed by atoms with E-state index in [1.807, 2.05) is 6.07 Å². The van der Waals surface area contributed by atoms with Crippen LogP contribution in [0.15, 0.2) is 24.3 Å². The first-order valence-corrected chi connectivity index (χ1v) is 6.46. The Kier molecular flexibility index (Phi) is 4.10. The highest BCUT2D eigenvalue weighted by Crippen LogP contribution is 2.31. The van der Waals surface area contributed by atoms with Gasteiger partial charge in [-0.15, -0.1) is 11.6 Å². The number of hydrogen-bond donors (Lipinski definition) is 1. The predicted octanol–water partition coefficient (Wildman–Crippen LogP) is 2.08. The van der Waals surface area contributed by atoms with Crippen LogP contribution in [0.3, 0.4) is 0 Å². The number of esters is 1. The molecule has 0 saturated carbocycles. The molecule has 1 N–H and O–H groups in total. The fourth-order valence-electron chi connectivity index (χ4n) is 1.86. The molecule has 7 nitrogen and oxygen atoms in total. The summed E-state index contributed by atoms with van der Waals surface area (Å²) in [5, 5.41) is 22.7. The van der Waals surface area contributed by atoms with Gasteiger partial charge in [0.15, 0.2) is 0 Å². The fourth-order valence-corrected chi connectivity index (χ4v) is 1.94. The lowest BCUT2D eigenvalue weighted by Gasteiger charge is -2.27. The van der Waals surface area contributed by atoms with Crippen LogP contribution in [0.5, 0.6) is 0 Å². The number of ether oxygens (including phenoxy) is 1. The van der Waals surface area contributed by atoms with Gasteiger partial charge in [-0.2, -0.15) is 5.26 Å².